The topological polar surface area (TPSA) is 214 Å². The van der Waals surface area contributed by atoms with E-state index in [9.17, 15) is 34.2 Å². The molecule has 0 spiro atoms. The third-order valence-electron chi connectivity index (χ3n) is 5.11. The molecule has 9 N–H and O–H groups in total. The molecule has 0 aromatic heterocycles. The average molecular weight is 494 g/mol. The van der Waals surface area contributed by atoms with Crippen LogP contribution in [-0.4, -0.2) is 64.0 Å². The van der Waals surface area contributed by atoms with Crippen molar-refractivity contribution in [2.24, 2.45) is 17.4 Å². The number of carbonyl (C=O) groups is 5. The summed E-state index contributed by atoms with van der Waals surface area (Å²) in [6.07, 6.45) is -0.000636. The molecule has 194 valence electrons. The lowest BCUT2D eigenvalue weighted by molar-refractivity contribution is -0.142. The van der Waals surface area contributed by atoms with Crippen LogP contribution in [0.1, 0.15) is 45.6 Å². The highest BCUT2D eigenvalue weighted by Gasteiger charge is 2.28. The van der Waals surface area contributed by atoms with Gasteiger partial charge in [0.15, 0.2) is 0 Å². The molecule has 0 saturated carbocycles. The van der Waals surface area contributed by atoms with Crippen LogP contribution >= 0.6 is 0 Å². The molecule has 12 heteroatoms. The number of aromatic hydroxyl groups is 1. The van der Waals surface area contributed by atoms with E-state index in [0.29, 0.717) is 5.56 Å². The largest absolute Gasteiger partial charge is 0.508 e. The van der Waals surface area contributed by atoms with E-state index in [1.807, 2.05) is 13.8 Å². The number of carboxylic acid groups (broad SMARTS) is 1. The Balaban J connectivity index is 2.81. The molecular weight excluding hydrogens is 458 g/mol. The third kappa shape index (κ3) is 10.9. The van der Waals surface area contributed by atoms with Crippen LogP contribution < -0.4 is 27.4 Å². The Morgan fingerprint density at radius 1 is 0.886 bits per heavy atom. The van der Waals surface area contributed by atoms with Crippen molar-refractivity contribution in [3.05, 3.63) is 29.8 Å². The molecule has 4 atom stereocenters. The summed E-state index contributed by atoms with van der Waals surface area (Å²) in [4.78, 5) is 60.4. The van der Waals surface area contributed by atoms with E-state index in [2.05, 4.69) is 16.0 Å². The van der Waals surface area contributed by atoms with Crippen LogP contribution in [0.2, 0.25) is 0 Å². The van der Waals surface area contributed by atoms with Crippen LogP contribution in [0, 0.1) is 5.92 Å². The minimum Gasteiger partial charge on any atom is -0.508 e. The van der Waals surface area contributed by atoms with Gasteiger partial charge in [0.25, 0.3) is 0 Å². The van der Waals surface area contributed by atoms with Gasteiger partial charge in [-0.3, -0.25) is 19.2 Å². The monoisotopic (exact) mass is 493 g/mol. The molecule has 0 aliphatic heterocycles. The Labute approximate surface area is 203 Å². The predicted octanol–water partition coefficient (Wildman–Crippen LogP) is -0.867. The van der Waals surface area contributed by atoms with Crippen molar-refractivity contribution < 1.29 is 34.2 Å². The van der Waals surface area contributed by atoms with Gasteiger partial charge in [-0.1, -0.05) is 26.0 Å². The SMILES string of the molecule is CC(C)CC(NC(=O)C(C)NC(=O)C(CCC(N)=O)NC(=O)C(N)Cc1ccc(O)cc1)C(=O)O. The Morgan fingerprint density at radius 2 is 1.46 bits per heavy atom. The number of benzene rings is 1. The van der Waals surface area contributed by atoms with Gasteiger partial charge in [0.1, 0.15) is 23.9 Å². The van der Waals surface area contributed by atoms with E-state index in [0.717, 1.165) is 0 Å². The molecule has 0 saturated heterocycles. The highest BCUT2D eigenvalue weighted by Crippen LogP contribution is 2.11. The second kappa shape index (κ2) is 13.9. The number of nitrogens with two attached hydrogens (primary N) is 2. The highest BCUT2D eigenvalue weighted by atomic mass is 16.4. The molecule has 0 radical (unpaired) electrons. The van der Waals surface area contributed by atoms with E-state index in [1.165, 1.54) is 19.1 Å². The van der Waals surface area contributed by atoms with Crippen LogP contribution in [0.3, 0.4) is 0 Å². The Morgan fingerprint density at radius 3 is 1.97 bits per heavy atom. The van der Waals surface area contributed by atoms with Gasteiger partial charge in [0.05, 0.1) is 6.04 Å². The number of nitrogens with one attached hydrogen (secondary N) is 3. The van der Waals surface area contributed by atoms with Crippen LogP contribution in [0.15, 0.2) is 24.3 Å². The summed E-state index contributed by atoms with van der Waals surface area (Å²) >= 11 is 0. The first-order valence-electron chi connectivity index (χ1n) is 11.3. The van der Waals surface area contributed by atoms with Gasteiger partial charge in [-0.15, -0.1) is 0 Å². The molecule has 0 fully saturated rings. The summed E-state index contributed by atoms with van der Waals surface area (Å²) in [7, 11) is 0. The number of rotatable bonds is 14. The first kappa shape index (κ1) is 29.4. The number of carboxylic acids is 1. The minimum absolute atomic E-state index is 0.0143. The van der Waals surface area contributed by atoms with E-state index in [1.54, 1.807) is 12.1 Å². The van der Waals surface area contributed by atoms with Gasteiger partial charge in [-0.05, 0) is 49.8 Å². The molecule has 12 nitrogen and oxygen atoms in total. The number of carbonyl (C=O) groups excluding carboxylic acids is 4. The fourth-order valence-electron chi connectivity index (χ4n) is 3.18. The summed E-state index contributed by atoms with van der Waals surface area (Å²) in [6.45, 7) is 4.99. The number of hydrogen-bond acceptors (Lipinski definition) is 7. The zero-order valence-corrected chi connectivity index (χ0v) is 20.1. The molecule has 0 aliphatic rings. The molecule has 1 aromatic carbocycles. The van der Waals surface area contributed by atoms with Gasteiger partial charge in [0.2, 0.25) is 23.6 Å². The second-order valence-corrected chi connectivity index (χ2v) is 8.80. The highest BCUT2D eigenvalue weighted by molar-refractivity contribution is 5.94. The number of phenolic OH excluding ortho intramolecular Hbond substituents is 1. The quantitative estimate of drug-likeness (QED) is 0.172. The number of phenols is 1. The Hall–Kier alpha value is -3.67. The molecule has 4 unspecified atom stereocenters. The maximum Gasteiger partial charge on any atom is 0.326 e. The molecule has 0 bridgehead atoms. The number of amides is 4. The van der Waals surface area contributed by atoms with Crippen molar-refractivity contribution in [3.8, 4) is 5.75 Å². The number of hydrogen-bond donors (Lipinski definition) is 7. The molecule has 0 aliphatic carbocycles. The minimum atomic E-state index is -1.21. The zero-order valence-electron chi connectivity index (χ0n) is 20.1. The molecule has 1 aromatic rings. The van der Waals surface area contributed by atoms with E-state index in [-0.39, 0.29) is 37.4 Å². The molecule has 35 heavy (non-hydrogen) atoms. The van der Waals surface area contributed by atoms with Crippen molar-refractivity contribution in [2.45, 2.75) is 70.6 Å². The maximum absolute atomic E-state index is 12.8. The maximum atomic E-state index is 12.8. The smallest absolute Gasteiger partial charge is 0.326 e. The van der Waals surface area contributed by atoms with Gasteiger partial charge >= 0.3 is 5.97 Å². The summed E-state index contributed by atoms with van der Waals surface area (Å²) in [5.41, 5.74) is 11.8. The Kier molecular flexibility index (Phi) is 11.7. The van der Waals surface area contributed by atoms with Crippen molar-refractivity contribution in [2.75, 3.05) is 0 Å². The van der Waals surface area contributed by atoms with E-state index >= 15 is 0 Å². The van der Waals surface area contributed by atoms with Gasteiger partial charge in [-0.2, -0.15) is 0 Å². The van der Waals surface area contributed by atoms with Crippen molar-refractivity contribution >= 4 is 29.6 Å². The normalized spacial score (nSPS) is 14.3. The first-order valence-corrected chi connectivity index (χ1v) is 11.3. The fraction of sp³-hybridized carbons (Fsp3) is 0.522. The van der Waals surface area contributed by atoms with E-state index in [4.69, 9.17) is 11.5 Å². The fourth-order valence-corrected chi connectivity index (χ4v) is 3.18. The van der Waals surface area contributed by atoms with Crippen LogP contribution in [0.25, 0.3) is 0 Å². The number of primary amides is 1. The van der Waals surface area contributed by atoms with Gasteiger partial charge in [-0.25, -0.2) is 4.79 Å². The number of aliphatic carboxylic acids is 1. The summed E-state index contributed by atoms with van der Waals surface area (Å²) in [5, 5.41) is 25.9. The van der Waals surface area contributed by atoms with Crippen LogP contribution in [-0.2, 0) is 30.4 Å². The molecule has 0 heterocycles. The standard InChI is InChI=1S/C23H35N5O7/c1-12(2)10-18(23(34)35)28-20(31)13(3)26-22(33)17(8-9-19(25)30)27-21(32)16(24)11-14-4-6-15(29)7-5-14/h4-7,12-13,16-18,29H,8-11,24H2,1-3H3,(H2,25,30)(H,26,33)(H,27,32)(H,28,31)(H,34,35). The van der Waals surface area contributed by atoms with Crippen molar-refractivity contribution in [3.63, 3.8) is 0 Å². The predicted molar refractivity (Wildman–Crippen MR) is 127 cm³/mol. The third-order valence-corrected chi connectivity index (χ3v) is 5.11. The van der Waals surface area contributed by atoms with Crippen molar-refractivity contribution in [1.82, 2.24) is 16.0 Å². The lowest BCUT2D eigenvalue weighted by Crippen LogP contribution is -2.56. The van der Waals surface area contributed by atoms with Gasteiger partial charge < -0.3 is 37.6 Å². The lowest BCUT2D eigenvalue weighted by Gasteiger charge is -2.23. The Bertz CT molecular complexity index is 904. The average Bonchev–Trinajstić information content (AvgIpc) is 2.76. The molecular formula is C23H35N5O7. The first-order chi connectivity index (χ1) is 16.3. The summed E-state index contributed by atoms with van der Waals surface area (Å²) in [5.74, 6) is -3.94. The second-order valence-electron chi connectivity index (χ2n) is 8.80. The van der Waals surface area contributed by atoms with Crippen LogP contribution in [0.4, 0.5) is 0 Å². The van der Waals surface area contributed by atoms with Gasteiger partial charge in [0, 0.05) is 6.42 Å². The summed E-state index contributed by atoms with van der Waals surface area (Å²) < 4.78 is 0. The van der Waals surface area contributed by atoms with Crippen molar-refractivity contribution in [1.29, 1.82) is 0 Å². The molecule has 1 rings (SSSR count). The summed E-state index contributed by atoms with van der Waals surface area (Å²) in [6, 6.07) is 1.63. The van der Waals surface area contributed by atoms with E-state index < -0.39 is 53.8 Å². The van der Waals surface area contributed by atoms with Crippen LogP contribution in [0.5, 0.6) is 5.75 Å². The molecule has 4 amide bonds. The lowest BCUT2D eigenvalue weighted by atomic mass is 10.0. The zero-order chi connectivity index (χ0) is 26.7.